The molecule has 0 fully saturated rings. The van der Waals surface area contributed by atoms with Crippen LogP contribution in [0.2, 0.25) is 5.15 Å². The van der Waals surface area contributed by atoms with Crippen molar-refractivity contribution in [3.05, 3.63) is 70.6 Å². The van der Waals surface area contributed by atoms with Crippen LogP contribution in [-0.2, 0) is 0 Å². The number of H-pyrrole nitrogens is 1. The molecule has 0 saturated heterocycles. The van der Waals surface area contributed by atoms with Crippen molar-refractivity contribution in [2.24, 2.45) is 0 Å². The first kappa shape index (κ1) is 16.7. The average Bonchev–Trinajstić information content (AvgIpc) is 2.67. The summed E-state index contributed by atoms with van der Waals surface area (Å²) in [5.41, 5.74) is 4.10. The van der Waals surface area contributed by atoms with E-state index >= 15 is 0 Å². The number of pyridine rings is 1. The number of nitrogens with one attached hydrogen (secondary N) is 1. The quantitative estimate of drug-likeness (QED) is 0.367. The molecule has 128 valence electrons. The van der Waals surface area contributed by atoms with E-state index in [4.69, 9.17) is 28.6 Å². The van der Waals surface area contributed by atoms with Crippen LogP contribution in [-0.4, -0.2) is 22.1 Å². The Morgan fingerprint density at radius 1 is 1.00 bits per heavy atom. The van der Waals surface area contributed by atoms with Crippen molar-refractivity contribution >= 4 is 34.7 Å². The summed E-state index contributed by atoms with van der Waals surface area (Å²) in [6.07, 6.45) is 0. The van der Waals surface area contributed by atoms with Crippen LogP contribution in [0.25, 0.3) is 33.4 Å². The highest BCUT2D eigenvalue weighted by atomic mass is 35.5. The van der Waals surface area contributed by atoms with E-state index in [0.717, 1.165) is 39.2 Å². The first-order valence-electron chi connectivity index (χ1n) is 7.95. The number of halogens is 1. The SMILES string of the molecule is COc1ccc2nc(Cl)c(-c3cc(-c4ccccc4)nc(=S)[nH]3)cc2c1. The van der Waals surface area contributed by atoms with Crippen LogP contribution in [0.15, 0.2) is 60.7 Å². The Hall–Kier alpha value is -2.76. The Bertz CT molecular complexity index is 1160. The Balaban J connectivity index is 1.91. The van der Waals surface area contributed by atoms with Crippen molar-refractivity contribution in [2.75, 3.05) is 7.11 Å². The minimum absolute atomic E-state index is 0.392. The molecular formula is C20H14ClN3OS. The first-order chi connectivity index (χ1) is 12.6. The molecule has 4 nitrogen and oxygen atoms in total. The lowest BCUT2D eigenvalue weighted by Crippen LogP contribution is -1.94. The molecule has 4 aromatic rings. The number of methoxy groups -OCH3 is 1. The van der Waals surface area contributed by atoms with Crippen LogP contribution < -0.4 is 4.74 Å². The molecule has 0 atom stereocenters. The van der Waals surface area contributed by atoms with Gasteiger partial charge in [-0.05, 0) is 42.5 Å². The number of fused-ring (bicyclic) bond motifs is 1. The van der Waals surface area contributed by atoms with Crippen LogP contribution in [0, 0.1) is 4.77 Å². The summed E-state index contributed by atoms with van der Waals surface area (Å²) in [5.74, 6) is 0.764. The fraction of sp³-hybridized carbons (Fsp3) is 0.0500. The van der Waals surface area contributed by atoms with Gasteiger partial charge in [0.05, 0.1) is 24.0 Å². The summed E-state index contributed by atoms with van der Waals surface area (Å²) in [6.45, 7) is 0. The maximum Gasteiger partial charge on any atom is 0.197 e. The number of hydrogen-bond donors (Lipinski definition) is 1. The van der Waals surface area contributed by atoms with Gasteiger partial charge in [-0.25, -0.2) is 9.97 Å². The Labute approximate surface area is 160 Å². The van der Waals surface area contributed by atoms with Gasteiger partial charge in [0.15, 0.2) is 4.77 Å². The molecule has 0 spiro atoms. The zero-order chi connectivity index (χ0) is 18.1. The van der Waals surface area contributed by atoms with Crippen LogP contribution in [0.4, 0.5) is 0 Å². The third-order valence-corrected chi connectivity index (χ3v) is 4.56. The number of nitrogens with zero attached hydrogens (tertiary/aromatic N) is 2. The molecule has 0 aliphatic heterocycles. The van der Waals surface area contributed by atoms with E-state index in [9.17, 15) is 0 Å². The average molecular weight is 380 g/mol. The van der Waals surface area contributed by atoms with Gasteiger partial charge in [0, 0.05) is 16.5 Å². The van der Waals surface area contributed by atoms with Crippen molar-refractivity contribution in [3.63, 3.8) is 0 Å². The highest BCUT2D eigenvalue weighted by Gasteiger charge is 2.11. The Morgan fingerprint density at radius 2 is 1.81 bits per heavy atom. The molecule has 2 heterocycles. The second kappa shape index (κ2) is 6.86. The third-order valence-electron chi connectivity index (χ3n) is 4.08. The summed E-state index contributed by atoms with van der Waals surface area (Å²) in [5, 5.41) is 1.33. The summed E-state index contributed by atoms with van der Waals surface area (Å²) in [7, 11) is 1.64. The Morgan fingerprint density at radius 3 is 2.58 bits per heavy atom. The van der Waals surface area contributed by atoms with E-state index < -0.39 is 0 Å². The number of ether oxygens (including phenoxy) is 1. The summed E-state index contributed by atoms with van der Waals surface area (Å²) < 4.78 is 5.69. The number of rotatable bonds is 3. The largest absolute Gasteiger partial charge is 0.497 e. The first-order valence-corrected chi connectivity index (χ1v) is 8.74. The van der Waals surface area contributed by atoms with Gasteiger partial charge in [-0.1, -0.05) is 41.9 Å². The molecule has 0 radical (unpaired) electrons. The minimum Gasteiger partial charge on any atom is -0.497 e. The summed E-state index contributed by atoms with van der Waals surface area (Å²) in [4.78, 5) is 12.0. The molecule has 26 heavy (non-hydrogen) atoms. The number of aromatic amines is 1. The lowest BCUT2D eigenvalue weighted by atomic mass is 10.1. The number of benzene rings is 2. The van der Waals surface area contributed by atoms with Crippen molar-refractivity contribution in [1.82, 2.24) is 15.0 Å². The lowest BCUT2D eigenvalue weighted by molar-refractivity contribution is 0.415. The van der Waals surface area contributed by atoms with Gasteiger partial charge in [0.2, 0.25) is 0 Å². The molecule has 6 heteroatoms. The number of hydrogen-bond acceptors (Lipinski definition) is 4. The molecular weight excluding hydrogens is 366 g/mol. The molecule has 2 aromatic heterocycles. The maximum atomic E-state index is 6.45. The topological polar surface area (TPSA) is 50.8 Å². The van der Waals surface area contributed by atoms with Gasteiger partial charge in [-0.3, -0.25) is 0 Å². The van der Waals surface area contributed by atoms with Crippen molar-refractivity contribution < 1.29 is 4.74 Å². The molecule has 0 unspecified atom stereocenters. The fourth-order valence-corrected chi connectivity index (χ4v) is 3.26. The smallest absolute Gasteiger partial charge is 0.197 e. The molecule has 0 aliphatic carbocycles. The van der Waals surface area contributed by atoms with E-state index in [0.29, 0.717) is 9.92 Å². The molecule has 0 aliphatic rings. The van der Waals surface area contributed by atoms with Gasteiger partial charge >= 0.3 is 0 Å². The van der Waals surface area contributed by atoms with Crippen LogP contribution in [0.5, 0.6) is 5.75 Å². The van der Waals surface area contributed by atoms with Crippen molar-refractivity contribution in [2.45, 2.75) is 0 Å². The molecule has 0 amide bonds. The van der Waals surface area contributed by atoms with E-state index in [1.54, 1.807) is 7.11 Å². The standard InChI is InChI=1S/C20H14ClN3OS/c1-25-14-7-8-16-13(9-14)10-15(19(21)22-16)18-11-17(23-20(26)24-18)12-5-3-2-4-6-12/h2-11H,1H3,(H,23,24,26). The fourth-order valence-electron chi connectivity index (χ4n) is 2.81. The predicted octanol–water partition coefficient (Wildman–Crippen LogP) is 5.68. The Kier molecular flexibility index (Phi) is 4.41. The highest BCUT2D eigenvalue weighted by molar-refractivity contribution is 7.71. The summed E-state index contributed by atoms with van der Waals surface area (Å²) >= 11 is 11.8. The van der Waals surface area contributed by atoms with Gasteiger partial charge in [0.25, 0.3) is 0 Å². The predicted molar refractivity (Wildman–Crippen MR) is 107 cm³/mol. The van der Waals surface area contributed by atoms with E-state index in [2.05, 4.69) is 15.0 Å². The lowest BCUT2D eigenvalue weighted by Gasteiger charge is -2.09. The molecule has 2 aromatic carbocycles. The number of aromatic nitrogens is 3. The minimum atomic E-state index is 0.392. The van der Waals surface area contributed by atoms with Gasteiger partial charge in [0.1, 0.15) is 10.9 Å². The van der Waals surface area contributed by atoms with Gasteiger partial charge in [-0.2, -0.15) is 0 Å². The van der Waals surface area contributed by atoms with Crippen molar-refractivity contribution in [3.8, 4) is 28.3 Å². The molecule has 0 saturated carbocycles. The highest BCUT2D eigenvalue weighted by Crippen LogP contribution is 2.31. The van der Waals surface area contributed by atoms with E-state index in [1.165, 1.54) is 0 Å². The second-order valence-corrected chi connectivity index (χ2v) is 6.48. The zero-order valence-corrected chi connectivity index (χ0v) is 15.4. The molecule has 1 N–H and O–H groups in total. The maximum absolute atomic E-state index is 6.45. The molecule has 0 bridgehead atoms. The van der Waals surface area contributed by atoms with Gasteiger partial charge < -0.3 is 9.72 Å². The van der Waals surface area contributed by atoms with E-state index in [1.807, 2.05) is 60.7 Å². The van der Waals surface area contributed by atoms with Crippen LogP contribution >= 0.6 is 23.8 Å². The van der Waals surface area contributed by atoms with Crippen molar-refractivity contribution in [1.29, 1.82) is 0 Å². The molecule has 4 rings (SSSR count). The zero-order valence-electron chi connectivity index (χ0n) is 13.9. The van der Waals surface area contributed by atoms with E-state index in [-0.39, 0.29) is 0 Å². The second-order valence-electron chi connectivity index (χ2n) is 5.74. The monoisotopic (exact) mass is 379 g/mol. The normalized spacial score (nSPS) is 10.8. The third kappa shape index (κ3) is 3.19. The van der Waals surface area contributed by atoms with Crippen LogP contribution in [0.3, 0.4) is 0 Å². The van der Waals surface area contributed by atoms with Crippen LogP contribution in [0.1, 0.15) is 0 Å². The summed E-state index contributed by atoms with van der Waals surface area (Å²) in [6, 6.07) is 19.5. The van der Waals surface area contributed by atoms with Gasteiger partial charge in [-0.15, -0.1) is 0 Å².